The summed E-state index contributed by atoms with van der Waals surface area (Å²) in [6.45, 7) is 1.79. The summed E-state index contributed by atoms with van der Waals surface area (Å²) in [5.41, 5.74) is 0. The number of hydrogen-bond acceptors (Lipinski definition) is 3. The molecule has 0 atom stereocenters. The molecule has 4 heteroatoms. The smallest absolute Gasteiger partial charge is 0.225 e. The first-order valence-corrected chi connectivity index (χ1v) is 4.12. The highest BCUT2D eigenvalue weighted by Gasteiger charge is 2.01. The second kappa shape index (κ2) is 4.11. The van der Waals surface area contributed by atoms with Gasteiger partial charge >= 0.3 is 0 Å². The fourth-order valence-corrected chi connectivity index (χ4v) is 0.913. The fourth-order valence-electron chi connectivity index (χ4n) is 0.714. The van der Waals surface area contributed by atoms with E-state index in [-0.39, 0.29) is 5.91 Å². The Kier molecular flexibility index (Phi) is 3.10. The SMILES string of the molecule is CCC(=O)Nc1ncccc1S. The zero-order chi connectivity index (χ0) is 8.97. The number of carbonyl (C=O) groups excluding carboxylic acids is 1. The molecule has 3 nitrogen and oxygen atoms in total. The number of aromatic nitrogens is 1. The molecule has 1 aromatic rings. The van der Waals surface area contributed by atoms with Gasteiger partial charge in [-0.05, 0) is 12.1 Å². The summed E-state index contributed by atoms with van der Waals surface area (Å²) in [7, 11) is 0. The maximum Gasteiger partial charge on any atom is 0.225 e. The molecule has 0 radical (unpaired) electrons. The van der Waals surface area contributed by atoms with E-state index in [4.69, 9.17) is 0 Å². The van der Waals surface area contributed by atoms with Gasteiger partial charge in [-0.3, -0.25) is 4.79 Å². The zero-order valence-electron chi connectivity index (χ0n) is 6.74. The van der Waals surface area contributed by atoms with Crippen molar-refractivity contribution < 1.29 is 4.79 Å². The minimum absolute atomic E-state index is 0.0519. The Labute approximate surface area is 76.6 Å². The van der Waals surface area contributed by atoms with Crippen molar-refractivity contribution >= 4 is 24.4 Å². The quantitative estimate of drug-likeness (QED) is 0.684. The minimum Gasteiger partial charge on any atom is -0.310 e. The largest absolute Gasteiger partial charge is 0.310 e. The van der Waals surface area contributed by atoms with Crippen molar-refractivity contribution in [3.8, 4) is 0 Å². The van der Waals surface area contributed by atoms with E-state index in [0.29, 0.717) is 17.1 Å². The minimum atomic E-state index is -0.0519. The number of carbonyl (C=O) groups is 1. The molecule has 0 bridgehead atoms. The molecule has 0 aromatic carbocycles. The second-order valence-electron chi connectivity index (χ2n) is 2.27. The fraction of sp³-hybridized carbons (Fsp3) is 0.250. The summed E-state index contributed by atoms with van der Waals surface area (Å²) in [4.78, 5) is 15.6. The van der Waals surface area contributed by atoms with Gasteiger partial charge in [0.2, 0.25) is 5.91 Å². The first-order valence-electron chi connectivity index (χ1n) is 3.68. The Morgan fingerprint density at radius 1 is 1.75 bits per heavy atom. The highest BCUT2D eigenvalue weighted by Crippen LogP contribution is 2.14. The van der Waals surface area contributed by atoms with Gasteiger partial charge in [-0.25, -0.2) is 4.98 Å². The van der Waals surface area contributed by atoms with Crippen LogP contribution in [0.15, 0.2) is 23.2 Å². The Balaban J connectivity index is 2.75. The van der Waals surface area contributed by atoms with Crippen LogP contribution in [0.2, 0.25) is 0 Å². The molecule has 0 saturated carbocycles. The van der Waals surface area contributed by atoms with Gasteiger partial charge < -0.3 is 5.32 Å². The van der Waals surface area contributed by atoms with Crippen molar-refractivity contribution in [1.29, 1.82) is 0 Å². The molecule has 0 fully saturated rings. The van der Waals surface area contributed by atoms with Crippen molar-refractivity contribution in [2.24, 2.45) is 0 Å². The van der Waals surface area contributed by atoms with Crippen LogP contribution in [0, 0.1) is 0 Å². The van der Waals surface area contributed by atoms with Gasteiger partial charge in [0, 0.05) is 17.5 Å². The summed E-state index contributed by atoms with van der Waals surface area (Å²) >= 11 is 4.13. The first kappa shape index (κ1) is 9.06. The van der Waals surface area contributed by atoms with E-state index in [0.717, 1.165) is 0 Å². The number of rotatable bonds is 2. The molecule has 0 saturated heterocycles. The van der Waals surface area contributed by atoms with E-state index in [1.165, 1.54) is 0 Å². The summed E-state index contributed by atoms with van der Waals surface area (Å²) in [6, 6.07) is 3.55. The average Bonchev–Trinajstić information content (AvgIpc) is 2.09. The van der Waals surface area contributed by atoms with Crippen molar-refractivity contribution in [3.63, 3.8) is 0 Å². The summed E-state index contributed by atoms with van der Waals surface area (Å²) in [6.07, 6.45) is 2.06. The maximum absolute atomic E-state index is 10.9. The van der Waals surface area contributed by atoms with Crippen molar-refractivity contribution in [1.82, 2.24) is 4.98 Å². The Bertz CT molecular complexity index is 288. The van der Waals surface area contributed by atoms with Crippen LogP contribution in [0.25, 0.3) is 0 Å². The van der Waals surface area contributed by atoms with Crippen LogP contribution in [-0.4, -0.2) is 10.9 Å². The van der Waals surface area contributed by atoms with Gasteiger partial charge in [0.1, 0.15) is 5.82 Å². The molecule has 0 spiro atoms. The normalized spacial score (nSPS) is 9.50. The predicted octanol–water partition coefficient (Wildman–Crippen LogP) is 1.72. The molecule has 0 aliphatic carbocycles. The van der Waals surface area contributed by atoms with E-state index >= 15 is 0 Å². The number of nitrogens with one attached hydrogen (secondary N) is 1. The first-order chi connectivity index (χ1) is 5.74. The Morgan fingerprint density at radius 3 is 3.08 bits per heavy atom. The molecule has 1 rings (SSSR count). The summed E-state index contributed by atoms with van der Waals surface area (Å²) in [5, 5.41) is 2.63. The van der Waals surface area contributed by atoms with Crippen molar-refractivity contribution in [3.05, 3.63) is 18.3 Å². The second-order valence-corrected chi connectivity index (χ2v) is 2.75. The van der Waals surface area contributed by atoms with E-state index in [1.807, 2.05) is 0 Å². The van der Waals surface area contributed by atoms with Crippen molar-refractivity contribution in [2.45, 2.75) is 18.2 Å². The van der Waals surface area contributed by atoms with Gasteiger partial charge in [0.25, 0.3) is 0 Å². The Hall–Kier alpha value is -1.03. The van der Waals surface area contributed by atoms with E-state index in [9.17, 15) is 4.79 Å². The average molecular weight is 182 g/mol. The summed E-state index contributed by atoms with van der Waals surface area (Å²) < 4.78 is 0. The van der Waals surface area contributed by atoms with Gasteiger partial charge in [-0.15, -0.1) is 12.6 Å². The molecule has 12 heavy (non-hydrogen) atoms. The summed E-state index contributed by atoms with van der Waals surface area (Å²) in [5.74, 6) is 0.469. The van der Waals surface area contributed by atoms with E-state index < -0.39 is 0 Å². The molecule has 1 heterocycles. The number of nitrogens with zero attached hydrogens (tertiary/aromatic N) is 1. The molecule has 1 aromatic heterocycles. The third kappa shape index (κ3) is 2.23. The topological polar surface area (TPSA) is 42.0 Å². The van der Waals surface area contributed by atoms with Crippen molar-refractivity contribution in [2.75, 3.05) is 5.32 Å². The zero-order valence-corrected chi connectivity index (χ0v) is 7.64. The standard InChI is InChI=1S/C8H10N2OS/c1-2-7(11)10-8-6(12)4-3-5-9-8/h3-5,12H,2H2,1H3,(H,9,10,11). The molecular formula is C8H10N2OS. The lowest BCUT2D eigenvalue weighted by molar-refractivity contribution is -0.115. The molecule has 1 amide bonds. The van der Waals surface area contributed by atoms with Gasteiger partial charge in [-0.2, -0.15) is 0 Å². The third-order valence-electron chi connectivity index (χ3n) is 1.37. The van der Waals surface area contributed by atoms with Gasteiger partial charge in [-0.1, -0.05) is 6.92 Å². The highest BCUT2D eigenvalue weighted by molar-refractivity contribution is 7.80. The maximum atomic E-state index is 10.9. The van der Waals surface area contributed by atoms with Crippen LogP contribution in [0.3, 0.4) is 0 Å². The number of thiol groups is 1. The monoisotopic (exact) mass is 182 g/mol. The van der Waals surface area contributed by atoms with Crippen LogP contribution >= 0.6 is 12.6 Å². The highest BCUT2D eigenvalue weighted by atomic mass is 32.1. The van der Waals surface area contributed by atoms with Crippen LogP contribution in [0.1, 0.15) is 13.3 Å². The number of anilines is 1. The number of amides is 1. The van der Waals surface area contributed by atoms with Gasteiger partial charge in [0.05, 0.1) is 0 Å². The predicted molar refractivity (Wildman–Crippen MR) is 50.4 cm³/mol. The molecule has 0 aliphatic rings. The molecule has 0 aliphatic heterocycles. The Morgan fingerprint density at radius 2 is 2.50 bits per heavy atom. The third-order valence-corrected chi connectivity index (χ3v) is 1.73. The van der Waals surface area contributed by atoms with Crippen LogP contribution in [0.4, 0.5) is 5.82 Å². The van der Waals surface area contributed by atoms with Crippen LogP contribution < -0.4 is 5.32 Å². The van der Waals surface area contributed by atoms with E-state index in [2.05, 4.69) is 22.9 Å². The van der Waals surface area contributed by atoms with Crippen LogP contribution in [0.5, 0.6) is 0 Å². The lowest BCUT2D eigenvalue weighted by Gasteiger charge is -2.03. The molecule has 0 unspecified atom stereocenters. The van der Waals surface area contributed by atoms with E-state index in [1.54, 1.807) is 25.3 Å². The number of pyridine rings is 1. The lowest BCUT2D eigenvalue weighted by Crippen LogP contribution is -2.11. The van der Waals surface area contributed by atoms with Gasteiger partial charge in [0.15, 0.2) is 0 Å². The molecular weight excluding hydrogens is 172 g/mol. The number of hydrogen-bond donors (Lipinski definition) is 2. The molecule has 64 valence electrons. The molecule has 1 N–H and O–H groups in total. The van der Waals surface area contributed by atoms with Crippen LogP contribution in [-0.2, 0) is 4.79 Å². The lowest BCUT2D eigenvalue weighted by atomic mass is 10.4.